The van der Waals surface area contributed by atoms with Gasteiger partial charge in [0.15, 0.2) is 0 Å². The number of nitrogens with one attached hydrogen (secondary N) is 1. The lowest BCUT2D eigenvalue weighted by Crippen LogP contribution is -2.15. The van der Waals surface area contributed by atoms with Crippen molar-refractivity contribution in [3.05, 3.63) is 45.5 Å². The monoisotopic (exact) mass is 326 g/mol. The highest BCUT2D eigenvalue weighted by molar-refractivity contribution is 9.10. The molecule has 1 N–H and O–H groups in total. The molecule has 1 aromatic carbocycles. The van der Waals surface area contributed by atoms with E-state index >= 15 is 0 Å². The molecule has 0 bridgehead atoms. The molecule has 6 heteroatoms. The Morgan fingerprint density at radius 1 is 1.53 bits per heavy atom. The van der Waals surface area contributed by atoms with Gasteiger partial charge in [-0.2, -0.15) is 0 Å². The number of hydrogen-bond acceptors (Lipinski definition) is 3. The third-order valence-corrected chi connectivity index (χ3v) is 3.15. The fourth-order valence-corrected chi connectivity index (χ4v) is 2.06. The lowest BCUT2D eigenvalue weighted by Gasteiger charge is -2.06. The van der Waals surface area contributed by atoms with Crippen LogP contribution < -0.4 is 5.32 Å². The molecule has 0 fully saturated rings. The Balaban J connectivity index is 2.28. The summed E-state index contributed by atoms with van der Waals surface area (Å²) in [6.45, 7) is 3.53. The number of aromatic nitrogens is 1. The summed E-state index contributed by atoms with van der Waals surface area (Å²) in [4.78, 5) is 12.1. The zero-order chi connectivity index (χ0) is 14.0. The van der Waals surface area contributed by atoms with Crippen molar-refractivity contribution >= 4 is 27.5 Å². The standard InChI is InChI=1S/C13H12BrFN2O2/c1-3-11-12(7(2)17-19-11)13(18)16-10-5-4-8(14)6-9(10)15/h4-6H,3H2,1-2H3,(H,16,18). The van der Waals surface area contributed by atoms with Crippen LogP contribution in [0.25, 0.3) is 0 Å². The molecule has 2 aromatic rings. The second kappa shape index (κ2) is 5.52. The molecule has 19 heavy (non-hydrogen) atoms. The topological polar surface area (TPSA) is 55.1 Å². The first-order valence-electron chi connectivity index (χ1n) is 5.74. The van der Waals surface area contributed by atoms with Gasteiger partial charge in [-0.15, -0.1) is 0 Å². The van der Waals surface area contributed by atoms with Crippen molar-refractivity contribution in [1.29, 1.82) is 0 Å². The lowest BCUT2D eigenvalue weighted by atomic mass is 10.1. The number of amides is 1. The van der Waals surface area contributed by atoms with Crippen LogP contribution in [0.5, 0.6) is 0 Å². The second-order valence-corrected chi connectivity index (χ2v) is 4.91. The SMILES string of the molecule is CCc1onc(C)c1C(=O)Nc1ccc(Br)cc1F. The van der Waals surface area contributed by atoms with Gasteiger partial charge in [0, 0.05) is 10.9 Å². The van der Waals surface area contributed by atoms with Crippen molar-refractivity contribution in [2.75, 3.05) is 5.32 Å². The first kappa shape index (κ1) is 13.7. The van der Waals surface area contributed by atoms with E-state index in [1.165, 1.54) is 12.1 Å². The van der Waals surface area contributed by atoms with Gasteiger partial charge in [0.25, 0.3) is 5.91 Å². The number of carbonyl (C=O) groups excluding carboxylic acids is 1. The molecular weight excluding hydrogens is 315 g/mol. The maximum Gasteiger partial charge on any atom is 0.261 e. The number of halogens is 2. The number of rotatable bonds is 3. The van der Waals surface area contributed by atoms with Crippen molar-refractivity contribution < 1.29 is 13.7 Å². The van der Waals surface area contributed by atoms with Gasteiger partial charge in [-0.05, 0) is 25.1 Å². The maximum absolute atomic E-state index is 13.7. The molecular formula is C13H12BrFN2O2. The molecule has 0 saturated heterocycles. The molecule has 1 heterocycles. The van der Waals surface area contributed by atoms with Crippen molar-refractivity contribution in [2.45, 2.75) is 20.3 Å². The summed E-state index contributed by atoms with van der Waals surface area (Å²) in [6, 6.07) is 4.43. The average molecular weight is 327 g/mol. The van der Waals surface area contributed by atoms with Crippen LogP contribution in [0.1, 0.15) is 28.7 Å². The molecule has 0 aliphatic rings. The molecule has 1 aromatic heterocycles. The van der Waals surface area contributed by atoms with E-state index in [4.69, 9.17) is 4.52 Å². The van der Waals surface area contributed by atoms with Crippen molar-refractivity contribution in [1.82, 2.24) is 5.16 Å². The highest BCUT2D eigenvalue weighted by Gasteiger charge is 2.20. The predicted molar refractivity (Wildman–Crippen MR) is 72.7 cm³/mol. The molecule has 2 rings (SSSR count). The number of nitrogens with zero attached hydrogens (tertiary/aromatic N) is 1. The first-order chi connectivity index (χ1) is 9.02. The normalized spacial score (nSPS) is 10.5. The van der Waals surface area contributed by atoms with E-state index in [2.05, 4.69) is 26.4 Å². The number of aryl methyl sites for hydroxylation is 2. The van der Waals surface area contributed by atoms with Crippen LogP contribution in [0.4, 0.5) is 10.1 Å². The third-order valence-electron chi connectivity index (χ3n) is 2.66. The summed E-state index contributed by atoms with van der Waals surface area (Å²) in [5, 5.41) is 6.27. The summed E-state index contributed by atoms with van der Waals surface area (Å²) >= 11 is 3.16. The lowest BCUT2D eigenvalue weighted by molar-refractivity contribution is 0.102. The minimum atomic E-state index is -0.505. The van der Waals surface area contributed by atoms with Crippen LogP contribution >= 0.6 is 15.9 Å². The van der Waals surface area contributed by atoms with Gasteiger partial charge in [-0.3, -0.25) is 4.79 Å². The number of hydrogen-bond donors (Lipinski definition) is 1. The van der Waals surface area contributed by atoms with Gasteiger partial charge < -0.3 is 9.84 Å². The summed E-state index contributed by atoms with van der Waals surface area (Å²) in [7, 11) is 0. The molecule has 1 amide bonds. The average Bonchev–Trinajstić information content (AvgIpc) is 2.74. The predicted octanol–water partition coefficient (Wildman–Crippen LogP) is 3.70. The highest BCUT2D eigenvalue weighted by Crippen LogP contribution is 2.21. The molecule has 100 valence electrons. The largest absolute Gasteiger partial charge is 0.360 e. The Hall–Kier alpha value is -1.69. The van der Waals surface area contributed by atoms with Crippen molar-refractivity contribution in [2.24, 2.45) is 0 Å². The highest BCUT2D eigenvalue weighted by atomic mass is 79.9. The third kappa shape index (κ3) is 2.84. The van der Waals surface area contributed by atoms with Gasteiger partial charge in [-0.1, -0.05) is 28.0 Å². The van der Waals surface area contributed by atoms with Gasteiger partial charge in [0.2, 0.25) is 0 Å². The van der Waals surface area contributed by atoms with E-state index < -0.39 is 11.7 Å². The number of benzene rings is 1. The van der Waals surface area contributed by atoms with Crippen LogP contribution in [-0.4, -0.2) is 11.1 Å². The zero-order valence-electron chi connectivity index (χ0n) is 10.5. The van der Waals surface area contributed by atoms with Gasteiger partial charge in [-0.25, -0.2) is 4.39 Å². The van der Waals surface area contributed by atoms with Crippen LogP contribution in [0, 0.1) is 12.7 Å². The minimum absolute atomic E-state index is 0.121. The van der Waals surface area contributed by atoms with Crippen LogP contribution in [0.15, 0.2) is 27.2 Å². The van der Waals surface area contributed by atoms with Gasteiger partial charge >= 0.3 is 0 Å². The van der Waals surface area contributed by atoms with Crippen LogP contribution in [0.2, 0.25) is 0 Å². The Bertz CT molecular complexity index is 625. The zero-order valence-corrected chi connectivity index (χ0v) is 12.0. The van der Waals surface area contributed by atoms with Crippen molar-refractivity contribution in [3.8, 4) is 0 Å². The first-order valence-corrected chi connectivity index (χ1v) is 6.53. The number of carbonyl (C=O) groups is 1. The molecule has 0 spiro atoms. The molecule has 0 radical (unpaired) electrons. The van der Waals surface area contributed by atoms with Crippen LogP contribution in [0.3, 0.4) is 0 Å². The molecule has 4 nitrogen and oxygen atoms in total. The smallest absolute Gasteiger partial charge is 0.261 e. The second-order valence-electron chi connectivity index (χ2n) is 4.00. The Labute approximate surface area is 118 Å². The Morgan fingerprint density at radius 3 is 2.89 bits per heavy atom. The van der Waals surface area contributed by atoms with E-state index in [-0.39, 0.29) is 5.69 Å². The fraction of sp³-hybridized carbons (Fsp3) is 0.231. The van der Waals surface area contributed by atoms with E-state index in [1.807, 2.05) is 6.92 Å². The summed E-state index contributed by atoms with van der Waals surface area (Å²) < 4.78 is 19.3. The fourth-order valence-electron chi connectivity index (χ4n) is 1.72. The molecule has 0 atom stereocenters. The maximum atomic E-state index is 13.7. The quantitative estimate of drug-likeness (QED) is 0.935. The molecule has 0 unspecified atom stereocenters. The summed E-state index contributed by atoms with van der Waals surface area (Å²) in [6.07, 6.45) is 0.548. The summed E-state index contributed by atoms with van der Waals surface area (Å²) in [5.41, 5.74) is 0.979. The van der Waals surface area contributed by atoms with Gasteiger partial charge in [0.05, 0.1) is 11.4 Å². The summed E-state index contributed by atoms with van der Waals surface area (Å²) in [5.74, 6) is -0.431. The van der Waals surface area contributed by atoms with Crippen molar-refractivity contribution in [3.63, 3.8) is 0 Å². The van der Waals surface area contributed by atoms with E-state index in [9.17, 15) is 9.18 Å². The molecule has 0 aliphatic heterocycles. The number of anilines is 1. The minimum Gasteiger partial charge on any atom is -0.360 e. The molecule has 0 saturated carbocycles. The van der Waals surface area contributed by atoms with E-state index in [0.29, 0.717) is 27.9 Å². The van der Waals surface area contributed by atoms with Crippen LogP contribution in [-0.2, 0) is 6.42 Å². The molecule has 0 aliphatic carbocycles. The van der Waals surface area contributed by atoms with E-state index in [0.717, 1.165) is 0 Å². The van der Waals surface area contributed by atoms with Gasteiger partial charge in [0.1, 0.15) is 17.1 Å². The van der Waals surface area contributed by atoms with E-state index in [1.54, 1.807) is 13.0 Å². The Kier molecular flexibility index (Phi) is 3.99. The Morgan fingerprint density at radius 2 is 2.26 bits per heavy atom.